The van der Waals surface area contributed by atoms with Gasteiger partial charge in [-0.3, -0.25) is 9.89 Å². The quantitative estimate of drug-likeness (QED) is 0.691. The van der Waals surface area contributed by atoms with Crippen LogP contribution in [0.25, 0.3) is 0 Å². The largest absolute Gasteiger partial charge is 0.349 e. The van der Waals surface area contributed by atoms with Gasteiger partial charge in [0.1, 0.15) is 0 Å². The van der Waals surface area contributed by atoms with Gasteiger partial charge in [-0.2, -0.15) is 5.10 Å². The lowest BCUT2D eigenvalue weighted by Gasteiger charge is -2.25. The summed E-state index contributed by atoms with van der Waals surface area (Å²) >= 11 is 0. The molecule has 1 amide bonds. The smallest absolute Gasteiger partial charge is 0.237 e. The number of aromatic nitrogens is 2. The van der Waals surface area contributed by atoms with Crippen molar-refractivity contribution in [3.8, 4) is 0 Å². The number of hydrogen-bond donors (Lipinski definition) is 3. The molecule has 1 atom stereocenters. The van der Waals surface area contributed by atoms with Crippen LogP contribution in [0.2, 0.25) is 0 Å². The molecule has 1 saturated heterocycles. The highest BCUT2D eigenvalue weighted by atomic mass is 35.5. The third-order valence-electron chi connectivity index (χ3n) is 2.34. The number of halogens is 1. The van der Waals surface area contributed by atoms with Gasteiger partial charge in [0.25, 0.3) is 0 Å². The Bertz CT molecular complexity index is 335. The van der Waals surface area contributed by atoms with Gasteiger partial charge in [0, 0.05) is 5.69 Å². The lowest BCUT2D eigenvalue weighted by molar-refractivity contribution is -0.124. The van der Waals surface area contributed by atoms with Crippen LogP contribution >= 0.6 is 12.4 Å². The summed E-state index contributed by atoms with van der Waals surface area (Å²) in [5, 5.41) is 12.7. The van der Waals surface area contributed by atoms with Gasteiger partial charge in [-0.15, -0.1) is 12.4 Å². The number of rotatable bonds is 3. The minimum atomic E-state index is 0. The molecule has 1 fully saturated rings. The van der Waals surface area contributed by atoms with Gasteiger partial charge < -0.3 is 10.6 Å². The van der Waals surface area contributed by atoms with Crippen molar-refractivity contribution in [2.24, 2.45) is 0 Å². The fourth-order valence-electron chi connectivity index (χ4n) is 1.38. The second-order valence-corrected chi connectivity index (χ2v) is 3.56. The number of amides is 1. The highest BCUT2D eigenvalue weighted by Crippen LogP contribution is 2.02. The normalized spacial score (nSPS) is 18.9. The van der Waals surface area contributed by atoms with Crippen molar-refractivity contribution in [3.05, 3.63) is 17.5 Å². The van der Waals surface area contributed by atoms with Crippen LogP contribution in [-0.4, -0.2) is 28.7 Å². The molecule has 2 rings (SSSR count). The van der Waals surface area contributed by atoms with Crippen molar-refractivity contribution >= 4 is 18.3 Å². The van der Waals surface area contributed by atoms with Crippen molar-refractivity contribution in [1.82, 2.24) is 20.8 Å². The Kier molecular flexibility index (Phi) is 4.11. The molecule has 0 aliphatic carbocycles. The molecular formula is C9H15ClN4O. The maximum absolute atomic E-state index is 11.4. The van der Waals surface area contributed by atoms with E-state index in [1.54, 1.807) is 0 Å². The maximum Gasteiger partial charge on any atom is 0.237 e. The molecule has 2 heterocycles. The monoisotopic (exact) mass is 230 g/mol. The van der Waals surface area contributed by atoms with E-state index >= 15 is 0 Å². The molecule has 1 aromatic heterocycles. The van der Waals surface area contributed by atoms with Crippen LogP contribution < -0.4 is 10.6 Å². The van der Waals surface area contributed by atoms with Crippen LogP contribution in [0.4, 0.5) is 0 Å². The molecule has 0 saturated carbocycles. The van der Waals surface area contributed by atoms with Gasteiger partial charge in [0.15, 0.2) is 0 Å². The van der Waals surface area contributed by atoms with E-state index in [0.717, 1.165) is 24.4 Å². The molecule has 0 spiro atoms. The predicted molar refractivity (Wildman–Crippen MR) is 58.8 cm³/mol. The molecule has 3 N–H and O–H groups in total. The third-order valence-corrected chi connectivity index (χ3v) is 2.34. The molecule has 0 radical (unpaired) electrons. The standard InChI is InChI=1S/C9H14N4O.ClH/c1-6-4-7(13-12-6)5-11-9(14)8-2-3-10-8;/h4,8,10H,2-3,5H2,1H3,(H,11,14)(H,12,13);1H/t8-;/m1./s1. The van der Waals surface area contributed by atoms with Crippen molar-refractivity contribution < 1.29 is 4.79 Å². The summed E-state index contributed by atoms with van der Waals surface area (Å²) in [7, 11) is 0. The van der Waals surface area contributed by atoms with Gasteiger partial charge in [-0.25, -0.2) is 0 Å². The number of aryl methyl sites for hydroxylation is 1. The molecule has 5 nitrogen and oxygen atoms in total. The Morgan fingerprint density at radius 1 is 1.73 bits per heavy atom. The zero-order valence-corrected chi connectivity index (χ0v) is 9.36. The van der Waals surface area contributed by atoms with E-state index < -0.39 is 0 Å². The van der Waals surface area contributed by atoms with Crippen molar-refractivity contribution in [1.29, 1.82) is 0 Å². The number of carbonyl (C=O) groups is 1. The van der Waals surface area contributed by atoms with E-state index in [4.69, 9.17) is 0 Å². The SMILES string of the molecule is Cc1cc(CNC(=O)[C@H]2CCN2)n[nH]1.Cl. The Hall–Kier alpha value is -1.07. The minimum Gasteiger partial charge on any atom is -0.349 e. The number of nitrogens with one attached hydrogen (secondary N) is 3. The van der Waals surface area contributed by atoms with Crippen LogP contribution in [0.15, 0.2) is 6.07 Å². The van der Waals surface area contributed by atoms with Gasteiger partial charge in [0.05, 0.1) is 18.3 Å². The molecular weight excluding hydrogens is 216 g/mol. The molecule has 1 aliphatic rings. The summed E-state index contributed by atoms with van der Waals surface area (Å²) in [6, 6.07) is 1.93. The van der Waals surface area contributed by atoms with E-state index in [2.05, 4.69) is 20.8 Å². The van der Waals surface area contributed by atoms with Gasteiger partial charge >= 0.3 is 0 Å². The first-order chi connectivity index (χ1) is 6.75. The zero-order valence-electron chi connectivity index (χ0n) is 8.54. The van der Waals surface area contributed by atoms with E-state index in [0.29, 0.717) is 6.54 Å². The number of nitrogens with zero attached hydrogens (tertiary/aromatic N) is 1. The number of aromatic amines is 1. The van der Waals surface area contributed by atoms with Crippen molar-refractivity contribution in [3.63, 3.8) is 0 Å². The van der Waals surface area contributed by atoms with Crippen LogP contribution in [0.5, 0.6) is 0 Å². The highest BCUT2D eigenvalue weighted by molar-refractivity contribution is 5.85. The van der Waals surface area contributed by atoms with E-state index in [1.165, 1.54) is 0 Å². The second-order valence-electron chi connectivity index (χ2n) is 3.56. The average Bonchev–Trinajstić information content (AvgIpc) is 2.45. The minimum absolute atomic E-state index is 0. The predicted octanol–water partition coefficient (Wildman–Crippen LogP) is 0.118. The Balaban J connectivity index is 0.00000112. The van der Waals surface area contributed by atoms with E-state index in [1.807, 2.05) is 13.0 Å². The van der Waals surface area contributed by atoms with Gasteiger partial charge in [-0.05, 0) is 26.0 Å². The summed E-state index contributed by atoms with van der Waals surface area (Å²) < 4.78 is 0. The average molecular weight is 231 g/mol. The molecule has 1 aliphatic heterocycles. The maximum atomic E-state index is 11.4. The van der Waals surface area contributed by atoms with Crippen molar-refractivity contribution in [2.75, 3.05) is 6.54 Å². The summed E-state index contributed by atoms with van der Waals surface area (Å²) in [4.78, 5) is 11.4. The van der Waals surface area contributed by atoms with E-state index in [-0.39, 0.29) is 24.4 Å². The third kappa shape index (κ3) is 2.94. The van der Waals surface area contributed by atoms with Crippen LogP contribution in [-0.2, 0) is 11.3 Å². The number of H-pyrrole nitrogens is 1. The first kappa shape index (κ1) is 12.0. The first-order valence-corrected chi connectivity index (χ1v) is 4.77. The van der Waals surface area contributed by atoms with Gasteiger partial charge in [-0.1, -0.05) is 0 Å². The molecule has 84 valence electrons. The lowest BCUT2D eigenvalue weighted by atomic mass is 10.1. The number of carbonyl (C=O) groups excluding carboxylic acids is 1. The van der Waals surface area contributed by atoms with Crippen LogP contribution in [0, 0.1) is 6.92 Å². The Labute approximate surface area is 94.4 Å². The highest BCUT2D eigenvalue weighted by Gasteiger charge is 2.23. The van der Waals surface area contributed by atoms with Crippen molar-refractivity contribution in [2.45, 2.75) is 25.9 Å². The molecule has 1 aromatic rings. The van der Waals surface area contributed by atoms with Crippen LogP contribution in [0.3, 0.4) is 0 Å². The molecule has 15 heavy (non-hydrogen) atoms. The summed E-state index contributed by atoms with van der Waals surface area (Å²) in [6.07, 6.45) is 0.936. The topological polar surface area (TPSA) is 69.8 Å². The summed E-state index contributed by atoms with van der Waals surface area (Å²) in [6.45, 7) is 3.38. The molecule has 0 unspecified atom stereocenters. The Morgan fingerprint density at radius 2 is 2.47 bits per heavy atom. The van der Waals surface area contributed by atoms with Gasteiger partial charge in [0.2, 0.25) is 5.91 Å². The number of hydrogen-bond acceptors (Lipinski definition) is 3. The van der Waals surface area contributed by atoms with Crippen LogP contribution in [0.1, 0.15) is 17.8 Å². The first-order valence-electron chi connectivity index (χ1n) is 4.77. The second kappa shape index (κ2) is 5.14. The molecule has 6 heteroatoms. The summed E-state index contributed by atoms with van der Waals surface area (Å²) in [5.41, 5.74) is 1.88. The fourth-order valence-corrected chi connectivity index (χ4v) is 1.38. The fraction of sp³-hybridized carbons (Fsp3) is 0.556. The Morgan fingerprint density at radius 3 is 2.93 bits per heavy atom. The zero-order chi connectivity index (χ0) is 9.97. The molecule has 0 bridgehead atoms. The van der Waals surface area contributed by atoms with E-state index in [9.17, 15) is 4.79 Å². The molecule has 0 aromatic carbocycles. The lowest BCUT2D eigenvalue weighted by Crippen LogP contribution is -2.52. The summed E-state index contributed by atoms with van der Waals surface area (Å²) in [5.74, 6) is 0.0666.